The fraction of sp³-hybridized carbons (Fsp3) is 0.467. The lowest BCUT2D eigenvalue weighted by Gasteiger charge is -2.27. The van der Waals surface area contributed by atoms with Gasteiger partial charge < -0.3 is 9.47 Å². The molecular formula is C15H21NO4. The summed E-state index contributed by atoms with van der Waals surface area (Å²) >= 11 is 0. The van der Waals surface area contributed by atoms with Crippen LogP contribution in [0, 0.1) is 0 Å². The van der Waals surface area contributed by atoms with E-state index in [-0.39, 0.29) is 0 Å². The van der Waals surface area contributed by atoms with Crippen molar-refractivity contribution >= 4 is 18.1 Å². The first-order chi connectivity index (χ1) is 9.37. The molecule has 0 unspecified atom stereocenters. The molecule has 1 amide bonds. The SMILES string of the molecule is COCCN(C(=O)OC(C)(C)C)c1ccc(C=O)cc1. The van der Waals surface area contributed by atoms with E-state index in [0.717, 1.165) is 6.29 Å². The van der Waals surface area contributed by atoms with Crippen molar-refractivity contribution in [1.82, 2.24) is 0 Å². The quantitative estimate of drug-likeness (QED) is 0.778. The number of benzene rings is 1. The van der Waals surface area contributed by atoms with Gasteiger partial charge in [0.15, 0.2) is 0 Å². The Hall–Kier alpha value is -1.88. The number of nitrogens with zero attached hydrogens (tertiary/aromatic N) is 1. The number of methoxy groups -OCH3 is 1. The van der Waals surface area contributed by atoms with E-state index in [1.165, 1.54) is 4.90 Å². The van der Waals surface area contributed by atoms with Crippen LogP contribution in [0.1, 0.15) is 31.1 Å². The monoisotopic (exact) mass is 279 g/mol. The lowest BCUT2D eigenvalue weighted by Crippen LogP contribution is -2.38. The maximum atomic E-state index is 12.2. The Bertz CT molecular complexity index is 448. The van der Waals surface area contributed by atoms with Gasteiger partial charge in [0, 0.05) is 18.4 Å². The number of ether oxygens (including phenoxy) is 2. The summed E-state index contributed by atoms with van der Waals surface area (Å²) in [5.74, 6) is 0. The zero-order valence-electron chi connectivity index (χ0n) is 12.4. The van der Waals surface area contributed by atoms with Crippen LogP contribution in [0.4, 0.5) is 10.5 Å². The number of carbonyl (C=O) groups excluding carboxylic acids is 2. The molecule has 0 aliphatic rings. The van der Waals surface area contributed by atoms with E-state index >= 15 is 0 Å². The van der Waals surface area contributed by atoms with E-state index in [0.29, 0.717) is 24.4 Å². The molecule has 0 spiro atoms. The third kappa shape index (κ3) is 5.01. The minimum absolute atomic E-state index is 0.381. The third-order valence-corrected chi connectivity index (χ3v) is 2.47. The maximum absolute atomic E-state index is 12.2. The molecule has 0 aromatic heterocycles. The highest BCUT2D eigenvalue weighted by Crippen LogP contribution is 2.18. The maximum Gasteiger partial charge on any atom is 0.414 e. The van der Waals surface area contributed by atoms with Gasteiger partial charge in [-0.1, -0.05) is 0 Å². The fourth-order valence-electron chi connectivity index (χ4n) is 1.56. The second-order valence-electron chi connectivity index (χ2n) is 5.33. The number of aldehydes is 1. The smallest absolute Gasteiger partial charge is 0.414 e. The summed E-state index contributed by atoms with van der Waals surface area (Å²) < 4.78 is 10.4. The predicted octanol–water partition coefficient (Wildman–Crippen LogP) is 2.89. The van der Waals surface area contributed by atoms with Gasteiger partial charge in [-0.05, 0) is 45.0 Å². The number of hydrogen-bond donors (Lipinski definition) is 0. The number of amides is 1. The van der Waals surface area contributed by atoms with Crippen molar-refractivity contribution in [3.05, 3.63) is 29.8 Å². The summed E-state index contributed by atoms with van der Waals surface area (Å²) in [5, 5.41) is 0. The van der Waals surface area contributed by atoms with Crippen molar-refractivity contribution in [3.8, 4) is 0 Å². The van der Waals surface area contributed by atoms with Crippen molar-refractivity contribution in [2.45, 2.75) is 26.4 Å². The highest BCUT2D eigenvalue weighted by atomic mass is 16.6. The molecule has 5 nitrogen and oxygen atoms in total. The molecule has 20 heavy (non-hydrogen) atoms. The lowest BCUT2D eigenvalue weighted by atomic mass is 10.2. The lowest BCUT2D eigenvalue weighted by molar-refractivity contribution is 0.0569. The second-order valence-corrected chi connectivity index (χ2v) is 5.33. The number of rotatable bonds is 5. The van der Waals surface area contributed by atoms with Gasteiger partial charge in [0.1, 0.15) is 11.9 Å². The molecule has 0 aliphatic carbocycles. The highest BCUT2D eigenvalue weighted by Gasteiger charge is 2.23. The van der Waals surface area contributed by atoms with Crippen LogP contribution >= 0.6 is 0 Å². The van der Waals surface area contributed by atoms with Crippen molar-refractivity contribution in [3.63, 3.8) is 0 Å². The van der Waals surface area contributed by atoms with Crippen LogP contribution in [-0.2, 0) is 9.47 Å². The first-order valence-electron chi connectivity index (χ1n) is 6.42. The van der Waals surface area contributed by atoms with E-state index < -0.39 is 11.7 Å². The predicted molar refractivity (Wildman–Crippen MR) is 77.3 cm³/mol. The van der Waals surface area contributed by atoms with Gasteiger partial charge in [0.05, 0.1) is 13.2 Å². The van der Waals surface area contributed by atoms with E-state index in [1.54, 1.807) is 31.4 Å². The largest absolute Gasteiger partial charge is 0.443 e. The van der Waals surface area contributed by atoms with E-state index in [2.05, 4.69) is 0 Å². The number of carbonyl (C=O) groups is 2. The molecule has 110 valence electrons. The molecule has 0 heterocycles. The third-order valence-electron chi connectivity index (χ3n) is 2.47. The van der Waals surface area contributed by atoms with E-state index in [1.807, 2.05) is 20.8 Å². The van der Waals surface area contributed by atoms with Gasteiger partial charge in [-0.3, -0.25) is 9.69 Å². The number of anilines is 1. The zero-order valence-corrected chi connectivity index (χ0v) is 12.4. The topological polar surface area (TPSA) is 55.8 Å². The van der Waals surface area contributed by atoms with Gasteiger partial charge in [0.25, 0.3) is 0 Å². The Morgan fingerprint density at radius 2 is 1.85 bits per heavy atom. The Balaban J connectivity index is 2.92. The standard InChI is InChI=1S/C15H21NO4/c1-15(2,3)20-14(18)16(9-10-19-4)13-7-5-12(11-17)6-8-13/h5-8,11H,9-10H2,1-4H3. The first kappa shape index (κ1) is 16.2. The van der Waals surface area contributed by atoms with Crippen LogP contribution in [0.5, 0.6) is 0 Å². The van der Waals surface area contributed by atoms with Crippen LogP contribution in [0.2, 0.25) is 0 Å². The molecule has 0 radical (unpaired) electrons. The summed E-state index contributed by atoms with van der Waals surface area (Å²) in [6, 6.07) is 6.74. The van der Waals surface area contributed by atoms with Crippen LogP contribution in [-0.4, -0.2) is 38.2 Å². The van der Waals surface area contributed by atoms with Gasteiger partial charge in [0.2, 0.25) is 0 Å². The van der Waals surface area contributed by atoms with E-state index in [4.69, 9.17) is 9.47 Å². The zero-order chi connectivity index (χ0) is 15.2. The summed E-state index contributed by atoms with van der Waals surface area (Å²) in [6.45, 7) is 6.22. The Kier molecular flexibility index (Phi) is 5.70. The van der Waals surface area contributed by atoms with Crippen molar-refractivity contribution in [2.24, 2.45) is 0 Å². The molecule has 0 fully saturated rings. The molecule has 1 rings (SSSR count). The molecule has 0 aliphatic heterocycles. The molecule has 0 bridgehead atoms. The van der Waals surface area contributed by atoms with Crippen LogP contribution in [0.25, 0.3) is 0 Å². The first-order valence-corrected chi connectivity index (χ1v) is 6.42. The van der Waals surface area contributed by atoms with Gasteiger partial charge in [-0.25, -0.2) is 4.79 Å². The molecule has 1 aromatic rings. The minimum Gasteiger partial charge on any atom is -0.443 e. The van der Waals surface area contributed by atoms with Gasteiger partial charge in [-0.2, -0.15) is 0 Å². The normalized spacial score (nSPS) is 11.0. The summed E-state index contributed by atoms with van der Waals surface area (Å²) in [7, 11) is 1.57. The average molecular weight is 279 g/mol. The molecule has 1 aromatic carbocycles. The van der Waals surface area contributed by atoms with Crippen LogP contribution in [0.15, 0.2) is 24.3 Å². The minimum atomic E-state index is -0.564. The Morgan fingerprint density at radius 1 is 1.25 bits per heavy atom. The summed E-state index contributed by atoms with van der Waals surface area (Å²) in [6.07, 6.45) is 0.324. The molecule has 0 saturated carbocycles. The van der Waals surface area contributed by atoms with Crippen LogP contribution in [0.3, 0.4) is 0 Å². The average Bonchev–Trinajstić information content (AvgIpc) is 2.38. The second kappa shape index (κ2) is 7.05. The molecule has 0 saturated heterocycles. The van der Waals surface area contributed by atoms with Gasteiger partial charge >= 0.3 is 6.09 Å². The Labute approximate surface area is 119 Å². The van der Waals surface area contributed by atoms with Gasteiger partial charge in [-0.15, -0.1) is 0 Å². The molecule has 0 N–H and O–H groups in total. The van der Waals surface area contributed by atoms with Crippen molar-refractivity contribution < 1.29 is 19.1 Å². The van der Waals surface area contributed by atoms with Crippen LogP contribution < -0.4 is 4.90 Å². The molecule has 0 atom stereocenters. The number of hydrogen-bond acceptors (Lipinski definition) is 4. The fourth-order valence-corrected chi connectivity index (χ4v) is 1.56. The van der Waals surface area contributed by atoms with Crippen molar-refractivity contribution in [2.75, 3.05) is 25.2 Å². The van der Waals surface area contributed by atoms with Crippen molar-refractivity contribution in [1.29, 1.82) is 0 Å². The Morgan fingerprint density at radius 3 is 2.30 bits per heavy atom. The summed E-state index contributed by atoms with van der Waals surface area (Å²) in [4.78, 5) is 24.3. The van der Waals surface area contributed by atoms with E-state index in [9.17, 15) is 9.59 Å². The molecular weight excluding hydrogens is 258 g/mol. The highest BCUT2D eigenvalue weighted by molar-refractivity contribution is 5.88. The summed E-state index contributed by atoms with van der Waals surface area (Å²) in [5.41, 5.74) is 0.664. The molecule has 5 heteroatoms.